The van der Waals surface area contributed by atoms with Gasteiger partial charge in [-0.2, -0.15) is 4.99 Å². The minimum Gasteiger partial charge on any atom is -0.195 e. The third-order valence-corrected chi connectivity index (χ3v) is 0.833. The predicted octanol–water partition coefficient (Wildman–Crippen LogP) is 2.42. The van der Waals surface area contributed by atoms with Crippen molar-refractivity contribution in [3.05, 3.63) is 30.3 Å². The van der Waals surface area contributed by atoms with E-state index in [0.29, 0.717) is 0 Å². The van der Waals surface area contributed by atoms with Crippen molar-refractivity contribution in [3.8, 4) is 0 Å². The van der Waals surface area contributed by atoms with Gasteiger partial charge in [-0.05, 0) is 24.3 Å². The van der Waals surface area contributed by atoms with Gasteiger partial charge in [-0.25, -0.2) is 0 Å². The van der Waals surface area contributed by atoms with E-state index in [1.807, 2.05) is 0 Å². The number of aliphatic imine (C=N–C) groups is 1. The highest BCUT2D eigenvalue weighted by atomic mass is 32.1. The summed E-state index contributed by atoms with van der Waals surface area (Å²) in [7, 11) is 0. The Hall–Kier alpha value is -0.980. The molecule has 0 saturated carbocycles. The molecule has 0 N–H and O–H groups in total. The molecule has 2 heteroatoms. The molecule has 0 amide bonds. The Morgan fingerprint density at radius 1 is 1.56 bits per heavy atom. The molecule has 0 fully saturated rings. The van der Waals surface area contributed by atoms with Gasteiger partial charge >= 0.3 is 0 Å². The van der Waals surface area contributed by atoms with Gasteiger partial charge in [0.15, 0.2) is 0 Å². The topological polar surface area (TPSA) is 12.4 Å². The average molecular weight is 138 g/mol. The van der Waals surface area contributed by atoms with Crippen LogP contribution < -0.4 is 0 Å². The van der Waals surface area contributed by atoms with Gasteiger partial charge in [-0.15, -0.1) is 0 Å². The molecule has 0 saturated heterocycles. The molecule has 0 bridgehead atoms. The highest BCUT2D eigenvalue weighted by Crippen LogP contribution is 2.07. The van der Waals surface area contributed by atoms with E-state index in [9.17, 15) is 0 Å². The maximum atomic E-state index is 7.34. The molecule has 0 spiro atoms. The number of rotatable bonds is 1. The van der Waals surface area contributed by atoms with Crippen molar-refractivity contribution in [2.75, 3.05) is 0 Å². The van der Waals surface area contributed by atoms with Crippen molar-refractivity contribution in [2.45, 2.75) is 0 Å². The second-order valence-corrected chi connectivity index (χ2v) is 1.48. The number of hydrogen-bond acceptors (Lipinski definition) is 2. The Morgan fingerprint density at radius 2 is 2.22 bits per heavy atom. The maximum absolute atomic E-state index is 7.34. The molecule has 44 valence electrons. The fourth-order valence-corrected chi connectivity index (χ4v) is 0.505. The van der Waals surface area contributed by atoms with Crippen LogP contribution in [0.4, 0.5) is 5.69 Å². The average Bonchev–Trinajstić information content (AvgIpc) is 1.96. The summed E-state index contributed by atoms with van der Waals surface area (Å²) in [5.74, 6) is 0. The third-order valence-electron chi connectivity index (χ3n) is 0.742. The Morgan fingerprint density at radius 3 is 2.78 bits per heavy atom. The van der Waals surface area contributed by atoms with Crippen LogP contribution in [-0.2, 0) is 0 Å². The van der Waals surface area contributed by atoms with Gasteiger partial charge in [0.25, 0.3) is 0 Å². The van der Waals surface area contributed by atoms with E-state index < -0.39 is 0 Å². The molecule has 0 aromatic heterocycles. The summed E-state index contributed by atoms with van der Waals surface area (Å²) in [5.41, 5.74) is 0.168. The van der Waals surface area contributed by atoms with E-state index in [1.165, 1.54) is 12.1 Å². The number of benzene rings is 1. The quantitative estimate of drug-likeness (QED) is 0.429. The highest BCUT2D eigenvalue weighted by Gasteiger charge is 1.79. The van der Waals surface area contributed by atoms with Crippen molar-refractivity contribution >= 4 is 23.1 Å². The summed E-state index contributed by atoms with van der Waals surface area (Å²) < 4.78 is 21.8. The van der Waals surface area contributed by atoms with Gasteiger partial charge in [0.2, 0.25) is 0 Å². The minimum absolute atomic E-state index is 0.0323. The SMILES string of the molecule is [2H]c1cc([2H])c(N=C=S)c([2H])c1. The van der Waals surface area contributed by atoms with E-state index >= 15 is 0 Å². The lowest BCUT2D eigenvalue weighted by Crippen LogP contribution is -1.58. The second kappa shape index (κ2) is 3.13. The van der Waals surface area contributed by atoms with Crippen molar-refractivity contribution in [1.29, 1.82) is 0 Å². The summed E-state index contributed by atoms with van der Waals surface area (Å²) in [6, 6.07) is 2.82. The molecule has 1 nitrogen and oxygen atoms in total. The molecule has 0 aliphatic carbocycles. The van der Waals surface area contributed by atoms with Crippen molar-refractivity contribution in [2.24, 2.45) is 4.99 Å². The smallest absolute Gasteiger partial charge is 0.0739 e. The summed E-state index contributed by atoms with van der Waals surface area (Å²) >= 11 is 4.36. The molecular formula is C7H5NS. The van der Waals surface area contributed by atoms with E-state index in [0.717, 1.165) is 0 Å². The predicted molar refractivity (Wildman–Crippen MR) is 41.1 cm³/mol. The van der Waals surface area contributed by atoms with E-state index in [-0.39, 0.29) is 23.8 Å². The van der Waals surface area contributed by atoms with Crippen LogP contribution in [0, 0.1) is 0 Å². The van der Waals surface area contributed by atoms with Crippen LogP contribution in [0.3, 0.4) is 0 Å². The van der Waals surface area contributed by atoms with E-state index in [1.54, 1.807) is 0 Å². The zero-order valence-electron chi connectivity index (χ0n) is 7.51. The lowest BCUT2D eigenvalue weighted by atomic mass is 10.3. The summed E-state index contributed by atoms with van der Waals surface area (Å²) in [6.07, 6.45) is 0. The van der Waals surface area contributed by atoms with Crippen molar-refractivity contribution in [1.82, 2.24) is 0 Å². The Balaban J connectivity index is 3.37. The van der Waals surface area contributed by atoms with Gasteiger partial charge in [-0.3, -0.25) is 0 Å². The molecular weight excluding hydrogens is 130 g/mol. The lowest BCUT2D eigenvalue weighted by molar-refractivity contribution is 1.55. The third kappa shape index (κ3) is 1.76. The molecule has 0 unspecified atom stereocenters. The van der Waals surface area contributed by atoms with Crippen LogP contribution >= 0.6 is 12.2 Å². The van der Waals surface area contributed by atoms with Crippen molar-refractivity contribution in [3.63, 3.8) is 0 Å². The maximum Gasteiger partial charge on any atom is 0.0739 e. The number of hydrogen-bond donors (Lipinski definition) is 0. The molecule has 1 aromatic rings. The van der Waals surface area contributed by atoms with Crippen LogP contribution in [-0.4, -0.2) is 5.16 Å². The number of nitrogens with zero attached hydrogens (tertiary/aromatic N) is 1. The van der Waals surface area contributed by atoms with Crippen LogP contribution in [0.5, 0.6) is 0 Å². The fraction of sp³-hybridized carbons (Fsp3) is 0. The molecule has 0 radical (unpaired) electrons. The van der Waals surface area contributed by atoms with E-state index in [4.69, 9.17) is 4.11 Å². The zero-order valence-corrected chi connectivity index (χ0v) is 5.33. The summed E-state index contributed by atoms with van der Waals surface area (Å²) in [5, 5.41) is 2.09. The summed E-state index contributed by atoms with van der Waals surface area (Å²) in [4.78, 5) is 3.55. The normalized spacial score (nSPS) is 12.7. The molecule has 9 heavy (non-hydrogen) atoms. The Bertz CT molecular complexity index is 335. The van der Waals surface area contributed by atoms with Crippen LogP contribution in [0.1, 0.15) is 4.11 Å². The molecule has 1 rings (SSSR count). The van der Waals surface area contributed by atoms with Gasteiger partial charge in [0.1, 0.15) is 0 Å². The van der Waals surface area contributed by atoms with Gasteiger partial charge in [0.05, 0.1) is 15.0 Å². The number of para-hydroxylation sites is 1. The fourth-order valence-electron chi connectivity index (χ4n) is 0.414. The number of isothiocyanates is 1. The Kier molecular flexibility index (Phi) is 1.13. The van der Waals surface area contributed by atoms with Gasteiger partial charge in [0, 0.05) is 0 Å². The second-order valence-electron chi connectivity index (χ2n) is 1.30. The summed E-state index contributed by atoms with van der Waals surface area (Å²) in [6.45, 7) is 0. The first-order chi connectivity index (χ1) is 5.65. The van der Waals surface area contributed by atoms with Crippen LogP contribution in [0.2, 0.25) is 0 Å². The molecule has 0 aliphatic heterocycles. The molecule has 0 aliphatic rings. The minimum atomic E-state index is 0.0323. The van der Waals surface area contributed by atoms with E-state index in [2.05, 4.69) is 22.4 Å². The first kappa shape index (κ1) is 3.25. The largest absolute Gasteiger partial charge is 0.195 e. The molecule has 1 aromatic carbocycles. The first-order valence-electron chi connectivity index (χ1n) is 3.81. The highest BCUT2D eigenvalue weighted by molar-refractivity contribution is 7.78. The molecule has 0 heterocycles. The van der Waals surface area contributed by atoms with Crippen LogP contribution in [0.25, 0.3) is 0 Å². The Labute approximate surface area is 63.3 Å². The monoisotopic (exact) mass is 138 g/mol. The standard InChI is InChI=1S/C7H5NS/c9-6-8-7-4-2-1-3-5-7/h1-5H/i1D,4D,5D. The number of thiocarbonyl (C=S) groups is 1. The van der Waals surface area contributed by atoms with Gasteiger partial charge in [-0.1, -0.05) is 18.2 Å². The van der Waals surface area contributed by atoms with Crippen LogP contribution in [0.15, 0.2) is 35.3 Å². The molecule has 0 atom stereocenters. The lowest BCUT2D eigenvalue weighted by Gasteiger charge is -1.83. The van der Waals surface area contributed by atoms with Gasteiger partial charge < -0.3 is 0 Å². The first-order valence-corrected chi connectivity index (χ1v) is 2.71. The van der Waals surface area contributed by atoms with Crippen molar-refractivity contribution < 1.29 is 4.11 Å². The zero-order chi connectivity index (χ0) is 9.14.